The highest BCUT2D eigenvalue weighted by Gasteiger charge is 2.04. The Morgan fingerprint density at radius 1 is 1.42 bits per heavy atom. The predicted octanol–water partition coefficient (Wildman–Crippen LogP) is 3.47. The Balaban J connectivity index is 2.69. The minimum absolute atomic E-state index is 0.300. The van der Waals surface area contributed by atoms with Crippen molar-refractivity contribution in [1.29, 1.82) is 0 Å². The van der Waals surface area contributed by atoms with Crippen molar-refractivity contribution < 1.29 is 8.81 Å². The standard InChI is InChI=1S/C9H6BrFO/c10-4-6-1-2-7-8(11)5-12-9(7)3-6/h1-3,5H,4H2. The van der Waals surface area contributed by atoms with E-state index in [4.69, 9.17) is 4.42 Å². The number of rotatable bonds is 1. The van der Waals surface area contributed by atoms with Crippen molar-refractivity contribution in [3.05, 3.63) is 35.8 Å². The fourth-order valence-electron chi connectivity index (χ4n) is 1.12. The number of fused-ring (bicyclic) bond motifs is 1. The van der Waals surface area contributed by atoms with Gasteiger partial charge in [-0.3, -0.25) is 0 Å². The summed E-state index contributed by atoms with van der Waals surface area (Å²) in [7, 11) is 0. The first-order chi connectivity index (χ1) is 5.81. The Morgan fingerprint density at radius 2 is 2.25 bits per heavy atom. The van der Waals surface area contributed by atoms with Gasteiger partial charge in [0.2, 0.25) is 0 Å². The van der Waals surface area contributed by atoms with Gasteiger partial charge in [0.1, 0.15) is 11.8 Å². The molecule has 0 unspecified atom stereocenters. The summed E-state index contributed by atoms with van der Waals surface area (Å²) in [6, 6.07) is 5.42. The Hall–Kier alpha value is -0.830. The smallest absolute Gasteiger partial charge is 0.169 e. The molecule has 0 N–H and O–H groups in total. The van der Waals surface area contributed by atoms with Crippen molar-refractivity contribution in [1.82, 2.24) is 0 Å². The predicted molar refractivity (Wildman–Crippen MR) is 48.8 cm³/mol. The molecule has 3 heteroatoms. The molecule has 0 saturated carbocycles. The fraction of sp³-hybridized carbons (Fsp3) is 0.111. The van der Waals surface area contributed by atoms with Crippen LogP contribution in [-0.4, -0.2) is 0 Å². The van der Waals surface area contributed by atoms with Crippen molar-refractivity contribution in [2.45, 2.75) is 5.33 Å². The maximum absolute atomic E-state index is 12.9. The van der Waals surface area contributed by atoms with Gasteiger partial charge in [0, 0.05) is 5.33 Å². The first kappa shape index (κ1) is 7.80. The quantitative estimate of drug-likeness (QED) is 0.682. The second-order valence-corrected chi connectivity index (χ2v) is 3.11. The van der Waals surface area contributed by atoms with E-state index in [1.807, 2.05) is 12.1 Å². The van der Waals surface area contributed by atoms with Crippen LogP contribution in [0.1, 0.15) is 5.56 Å². The Labute approximate surface area is 77.3 Å². The van der Waals surface area contributed by atoms with Crippen LogP contribution in [0.3, 0.4) is 0 Å². The van der Waals surface area contributed by atoms with E-state index in [1.165, 1.54) is 0 Å². The van der Waals surface area contributed by atoms with Gasteiger partial charge < -0.3 is 4.42 Å². The molecule has 1 aromatic carbocycles. The van der Waals surface area contributed by atoms with E-state index in [0.717, 1.165) is 17.2 Å². The third kappa shape index (κ3) is 1.14. The molecule has 2 aromatic rings. The summed E-state index contributed by atoms with van der Waals surface area (Å²) in [6.45, 7) is 0. The van der Waals surface area contributed by atoms with Crippen LogP contribution >= 0.6 is 15.9 Å². The summed E-state index contributed by atoms with van der Waals surface area (Å²) < 4.78 is 17.9. The summed E-state index contributed by atoms with van der Waals surface area (Å²) in [5, 5.41) is 1.30. The Kier molecular flexibility index (Phi) is 1.89. The molecular weight excluding hydrogens is 223 g/mol. The van der Waals surface area contributed by atoms with Gasteiger partial charge in [0.25, 0.3) is 0 Å². The third-order valence-electron chi connectivity index (χ3n) is 1.75. The maximum atomic E-state index is 12.9. The zero-order valence-electron chi connectivity index (χ0n) is 6.18. The molecule has 0 saturated heterocycles. The maximum Gasteiger partial charge on any atom is 0.169 e. The molecule has 0 aliphatic heterocycles. The Bertz CT molecular complexity index is 408. The van der Waals surface area contributed by atoms with Gasteiger partial charge >= 0.3 is 0 Å². The molecule has 0 fully saturated rings. The van der Waals surface area contributed by atoms with Gasteiger partial charge in [-0.25, -0.2) is 4.39 Å². The molecule has 0 spiro atoms. The van der Waals surface area contributed by atoms with Gasteiger partial charge in [-0.05, 0) is 17.7 Å². The van der Waals surface area contributed by atoms with Crippen LogP contribution in [0.4, 0.5) is 4.39 Å². The molecule has 0 aliphatic rings. The Morgan fingerprint density at radius 3 is 3.00 bits per heavy atom. The molecule has 12 heavy (non-hydrogen) atoms. The molecule has 0 bridgehead atoms. The van der Waals surface area contributed by atoms with Crippen LogP contribution in [0.5, 0.6) is 0 Å². The van der Waals surface area contributed by atoms with Crippen LogP contribution in [-0.2, 0) is 5.33 Å². The van der Waals surface area contributed by atoms with E-state index in [0.29, 0.717) is 11.0 Å². The molecule has 0 amide bonds. The summed E-state index contributed by atoms with van der Waals surface area (Å²) in [5.74, 6) is -0.300. The van der Waals surface area contributed by atoms with E-state index in [-0.39, 0.29) is 5.82 Å². The average molecular weight is 229 g/mol. The van der Waals surface area contributed by atoms with Crippen LogP contribution in [0.25, 0.3) is 11.0 Å². The van der Waals surface area contributed by atoms with E-state index < -0.39 is 0 Å². The first-order valence-electron chi connectivity index (χ1n) is 3.53. The van der Waals surface area contributed by atoms with E-state index in [2.05, 4.69) is 15.9 Å². The lowest BCUT2D eigenvalue weighted by Crippen LogP contribution is -1.75. The lowest BCUT2D eigenvalue weighted by atomic mass is 10.2. The van der Waals surface area contributed by atoms with Crippen LogP contribution in [0, 0.1) is 5.82 Å². The largest absolute Gasteiger partial charge is 0.461 e. The lowest BCUT2D eigenvalue weighted by molar-refractivity contribution is 0.558. The fourth-order valence-corrected chi connectivity index (χ4v) is 1.47. The minimum atomic E-state index is -0.300. The topological polar surface area (TPSA) is 13.1 Å². The van der Waals surface area contributed by atoms with Gasteiger partial charge in [0.15, 0.2) is 5.82 Å². The molecule has 0 radical (unpaired) electrons. The van der Waals surface area contributed by atoms with E-state index >= 15 is 0 Å². The van der Waals surface area contributed by atoms with Crippen LogP contribution in [0.15, 0.2) is 28.9 Å². The minimum Gasteiger partial charge on any atom is -0.461 e. The van der Waals surface area contributed by atoms with Crippen molar-refractivity contribution in [2.75, 3.05) is 0 Å². The van der Waals surface area contributed by atoms with E-state index in [1.54, 1.807) is 6.07 Å². The molecular formula is C9H6BrFO. The lowest BCUT2D eigenvalue weighted by Gasteiger charge is -1.93. The zero-order chi connectivity index (χ0) is 8.55. The first-order valence-corrected chi connectivity index (χ1v) is 4.65. The highest BCUT2D eigenvalue weighted by molar-refractivity contribution is 9.08. The van der Waals surface area contributed by atoms with Gasteiger partial charge in [-0.1, -0.05) is 22.0 Å². The van der Waals surface area contributed by atoms with Crippen molar-refractivity contribution in [3.63, 3.8) is 0 Å². The molecule has 62 valence electrons. The summed E-state index contributed by atoms with van der Waals surface area (Å²) in [4.78, 5) is 0. The second-order valence-electron chi connectivity index (χ2n) is 2.55. The molecule has 0 atom stereocenters. The highest BCUT2D eigenvalue weighted by Crippen LogP contribution is 2.21. The molecule has 2 rings (SSSR count). The number of hydrogen-bond donors (Lipinski definition) is 0. The summed E-state index contributed by atoms with van der Waals surface area (Å²) in [6.07, 6.45) is 1.13. The monoisotopic (exact) mass is 228 g/mol. The molecule has 0 aliphatic carbocycles. The number of halogens is 2. The SMILES string of the molecule is Fc1coc2cc(CBr)ccc12. The molecule has 1 heterocycles. The van der Waals surface area contributed by atoms with Gasteiger partial charge in [-0.15, -0.1) is 0 Å². The number of benzene rings is 1. The number of furan rings is 1. The summed E-state index contributed by atoms with van der Waals surface area (Å²) >= 11 is 3.31. The van der Waals surface area contributed by atoms with Crippen LogP contribution in [0.2, 0.25) is 0 Å². The van der Waals surface area contributed by atoms with Crippen molar-refractivity contribution in [2.24, 2.45) is 0 Å². The van der Waals surface area contributed by atoms with Crippen molar-refractivity contribution in [3.8, 4) is 0 Å². The van der Waals surface area contributed by atoms with Crippen LogP contribution < -0.4 is 0 Å². The number of hydrogen-bond acceptors (Lipinski definition) is 1. The summed E-state index contributed by atoms with van der Waals surface area (Å²) in [5.41, 5.74) is 1.68. The number of alkyl halides is 1. The van der Waals surface area contributed by atoms with E-state index in [9.17, 15) is 4.39 Å². The molecule has 1 nitrogen and oxygen atoms in total. The van der Waals surface area contributed by atoms with Gasteiger partial charge in [0.05, 0.1) is 5.39 Å². The van der Waals surface area contributed by atoms with Crippen molar-refractivity contribution >= 4 is 26.9 Å². The third-order valence-corrected chi connectivity index (χ3v) is 2.39. The second kappa shape index (κ2) is 2.90. The highest BCUT2D eigenvalue weighted by atomic mass is 79.9. The molecule has 1 aromatic heterocycles. The average Bonchev–Trinajstić information content (AvgIpc) is 2.47. The zero-order valence-corrected chi connectivity index (χ0v) is 7.77. The van der Waals surface area contributed by atoms with Gasteiger partial charge in [-0.2, -0.15) is 0 Å². The normalized spacial score (nSPS) is 10.8.